The molecule has 1 heterocycles. The Hall–Kier alpha value is -2.58. The van der Waals surface area contributed by atoms with Crippen molar-refractivity contribution in [3.8, 4) is 11.8 Å². The molecule has 0 aliphatic carbocycles. The average molecular weight is 255 g/mol. The molecule has 2 rings (SSSR count). The summed E-state index contributed by atoms with van der Waals surface area (Å²) in [4.78, 5) is 12.1. The van der Waals surface area contributed by atoms with Gasteiger partial charge in [0.2, 0.25) is 0 Å². The minimum absolute atomic E-state index is 0.240. The number of benzene rings is 1. The number of carbonyl (C=O) groups is 1. The van der Waals surface area contributed by atoms with E-state index in [1.807, 2.05) is 0 Å². The summed E-state index contributed by atoms with van der Waals surface area (Å²) in [5.41, 5.74) is 1.03. The van der Waals surface area contributed by atoms with E-state index in [2.05, 4.69) is 22.3 Å². The molecule has 0 spiro atoms. The number of carbonyl (C=O) groups excluding carboxylic acids is 1. The molecular weight excluding hydrogens is 242 g/mol. The number of nitrogens with one attached hydrogen (secondary N) is 1. The van der Waals surface area contributed by atoms with Crippen LogP contribution in [0.1, 0.15) is 15.9 Å². The summed E-state index contributed by atoms with van der Waals surface area (Å²) in [6, 6.07) is 8.67. The van der Waals surface area contributed by atoms with Gasteiger partial charge in [-0.15, -0.1) is 0 Å². The van der Waals surface area contributed by atoms with Gasteiger partial charge in [-0.05, 0) is 12.1 Å². The van der Waals surface area contributed by atoms with Crippen LogP contribution in [0.25, 0.3) is 0 Å². The van der Waals surface area contributed by atoms with Crippen molar-refractivity contribution in [3.63, 3.8) is 0 Å². The minimum atomic E-state index is -0.276. The summed E-state index contributed by atoms with van der Waals surface area (Å²) in [6.07, 6.45) is 1.74. The smallest absolute Gasteiger partial charge is 0.258 e. The third kappa shape index (κ3) is 3.21. The maximum absolute atomic E-state index is 12.1. The number of anilines is 1. The van der Waals surface area contributed by atoms with Gasteiger partial charge in [0.15, 0.2) is 5.82 Å². The van der Waals surface area contributed by atoms with E-state index in [0.717, 1.165) is 0 Å². The van der Waals surface area contributed by atoms with Gasteiger partial charge < -0.3 is 10.4 Å². The molecule has 2 aromatic rings. The van der Waals surface area contributed by atoms with Gasteiger partial charge in [0.25, 0.3) is 5.91 Å². The van der Waals surface area contributed by atoms with Gasteiger partial charge in [-0.25, -0.2) is 0 Å². The van der Waals surface area contributed by atoms with Gasteiger partial charge in [0.05, 0.1) is 5.56 Å². The summed E-state index contributed by atoms with van der Waals surface area (Å²) in [5.74, 6) is 5.49. The zero-order chi connectivity index (χ0) is 13.7. The standard InChI is InChI=1S/C14H13N3O2/c1-17-9-8-13(16-17)15-14(19)12-7-3-2-5-11(12)6-4-10-18/h2-3,5,7-9,18H,10H2,1H3,(H,15,16,19). The summed E-state index contributed by atoms with van der Waals surface area (Å²) < 4.78 is 1.60. The molecule has 0 unspecified atom stereocenters. The van der Waals surface area contributed by atoms with E-state index < -0.39 is 0 Å². The van der Waals surface area contributed by atoms with Gasteiger partial charge in [0, 0.05) is 24.9 Å². The van der Waals surface area contributed by atoms with Crippen molar-refractivity contribution in [1.29, 1.82) is 0 Å². The molecule has 1 amide bonds. The Kier molecular flexibility index (Phi) is 3.96. The van der Waals surface area contributed by atoms with E-state index in [1.54, 1.807) is 48.3 Å². The lowest BCUT2D eigenvalue weighted by Gasteiger charge is -2.04. The largest absolute Gasteiger partial charge is 0.384 e. The number of nitrogens with zero attached hydrogens (tertiary/aromatic N) is 2. The van der Waals surface area contributed by atoms with Crippen molar-refractivity contribution in [2.45, 2.75) is 0 Å². The number of hydrogen-bond acceptors (Lipinski definition) is 3. The molecule has 0 aliphatic rings. The number of rotatable bonds is 2. The summed E-state index contributed by atoms with van der Waals surface area (Å²) in [6.45, 7) is -0.240. The van der Waals surface area contributed by atoms with E-state index in [4.69, 9.17) is 5.11 Å². The second-order valence-electron chi connectivity index (χ2n) is 3.83. The number of aliphatic hydroxyl groups excluding tert-OH is 1. The predicted octanol–water partition coefficient (Wildman–Crippen LogP) is 1.02. The molecule has 0 fully saturated rings. The second kappa shape index (κ2) is 5.85. The fourth-order valence-electron chi connectivity index (χ4n) is 1.59. The highest BCUT2D eigenvalue weighted by Gasteiger charge is 2.10. The van der Waals surface area contributed by atoms with Gasteiger partial charge in [-0.3, -0.25) is 9.48 Å². The fraction of sp³-hybridized carbons (Fsp3) is 0.143. The Balaban J connectivity index is 2.23. The maximum atomic E-state index is 12.1. The van der Waals surface area contributed by atoms with Crippen LogP contribution in [0.3, 0.4) is 0 Å². The molecular formula is C14H13N3O2. The molecule has 1 aromatic carbocycles. The molecule has 0 saturated carbocycles. The zero-order valence-corrected chi connectivity index (χ0v) is 10.4. The first-order chi connectivity index (χ1) is 9.20. The molecule has 0 aliphatic heterocycles. The Bertz CT molecular complexity index is 650. The maximum Gasteiger partial charge on any atom is 0.258 e. The molecule has 5 nitrogen and oxygen atoms in total. The molecule has 0 atom stereocenters. The van der Waals surface area contributed by atoms with Crippen LogP contribution in [0.2, 0.25) is 0 Å². The average Bonchev–Trinajstić information content (AvgIpc) is 2.82. The number of aliphatic hydroxyl groups is 1. The first kappa shape index (κ1) is 12.9. The first-order valence-corrected chi connectivity index (χ1v) is 5.70. The summed E-state index contributed by atoms with van der Waals surface area (Å²) >= 11 is 0. The van der Waals surface area contributed by atoms with Crippen molar-refractivity contribution >= 4 is 11.7 Å². The van der Waals surface area contributed by atoms with E-state index >= 15 is 0 Å². The predicted molar refractivity (Wildman–Crippen MR) is 71.6 cm³/mol. The molecule has 19 heavy (non-hydrogen) atoms. The highest BCUT2D eigenvalue weighted by atomic mass is 16.2. The Morgan fingerprint density at radius 3 is 2.89 bits per heavy atom. The van der Waals surface area contributed by atoms with Crippen molar-refractivity contribution in [2.75, 3.05) is 11.9 Å². The van der Waals surface area contributed by atoms with E-state index in [0.29, 0.717) is 16.9 Å². The quantitative estimate of drug-likeness (QED) is 0.787. The lowest BCUT2D eigenvalue weighted by molar-refractivity contribution is 0.102. The topological polar surface area (TPSA) is 67.2 Å². The lowest BCUT2D eigenvalue weighted by Crippen LogP contribution is -2.14. The summed E-state index contributed by atoms with van der Waals surface area (Å²) in [7, 11) is 1.77. The number of aryl methyl sites for hydroxylation is 1. The van der Waals surface area contributed by atoms with Gasteiger partial charge >= 0.3 is 0 Å². The van der Waals surface area contributed by atoms with Crippen LogP contribution in [0, 0.1) is 11.8 Å². The van der Waals surface area contributed by atoms with Crippen LogP contribution in [-0.4, -0.2) is 27.4 Å². The van der Waals surface area contributed by atoms with Crippen LogP contribution in [-0.2, 0) is 7.05 Å². The number of amides is 1. The third-order valence-corrected chi connectivity index (χ3v) is 2.43. The summed E-state index contributed by atoms with van der Waals surface area (Å²) in [5, 5.41) is 15.5. The van der Waals surface area contributed by atoms with Crippen molar-refractivity contribution in [3.05, 3.63) is 47.7 Å². The highest BCUT2D eigenvalue weighted by Crippen LogP contribution is 2.10. The van der Waals surface area contributed by atoms with Crippen LogP contribution < -0.4 is 5.32 Å². The van der Waals surface area contributed by atoms with Crippen LogP contribution in [0.4, 0.5) is 5.82 Å². The molecule has 2 N–H and O–H groups in total. The van der Waals surface area contributed by atoms with Crippen LogP contribution in [0.15, 0.2) is 36.5 Å². The minimum Gasteiger partial charge on any atom is -0.384 e. The van der Waals surface area contributed by atoms with Crippen molar-refractivity contribution in [2.24, 2.45) is 7.05 Å². The third-order valence-electron chi connectivity index (χ3n) is 2.43. The number of hydrogen-bond donors (Lipinski definition) is 2. The van der Waals surface area contributed by atoms with Crippen molar-refractivity contribution < 1.29 is 9.90 Å². The van der Waals surface area contributed by atoms with Gasteiger partial charge in [-0.2, -0.15) is 5.10 Å². The molecule has 5 heteroatoms. The molecule has 0 radical (unpaired) electrons. The van der Waals surface area contributed by atoms with E-state index in [-0.39, 0.29) is 12.5 Å². The molecule has 0 bridgehead atoms. The first-order valence-electron chi connectivity index (χ1n) is 5.70. The normalized spacial score (nSPS) is 9.58. The molecule has 0 saturated heterocycles. The lowest BCUT2D eigenvalue weighted by atomic mass is 10.1. The SMILES string of the molecule is Cn1ccc(NC(=O)c2ccccc2C#CCO)n1. The van der Waals surface area contributed by atoms with E-state index in [9.17, 15) is 4.79 Å². The van der Waals surface area contributed by atoms with E-state index in [1.165, 1.54) is 0 Å². The zero-order valence-electron chi connectivity index (χ0n) is 10.4. The van der Waals surface area contributed by atoms with Gasteiger partial charge in [-0.1, -0.05) is 24.0 Å². The Labute approximate surface area is 110 Å². The van der Waals surface area contributed by atoms with Crippen LogP contribution in [0.5, 0.6) is 0 Å². The number of aromatic nitrogens is 2. The monoisotopic (exact) mass is 255 g/mol. The molecule has 1 aromatic heterocycles. The van der Waals surface area contributed by atoms with Gasteiger partial charge in [0.1, 0.15) is 6.61 Å². The van der Waals surface area contributed by atoms with Crippen LogP contribution >= 0.6 is 0 Å². The Morgan fingerprint density at radius 1 is 1.42 bits per heavy atom. The second-order valence-corrected chi connectivity index (χ2v) is 3.83. The fourth-order valence-corrected chi connectivity index (χ4v) is 1.59. The highest BCUT2D eigenvalue weighted by molar-refractivity contribution is 6.05. The Morgan fingerprint density at radius 2 is 2.21 bits per heavy atom. The van der Waals surface area contributed by atoms with Crippen molar-refractivity contribution in [1.82, 2.24) is 9.78 Å². The molecule has 96 valence electrons.